The quantitative estimate of drug-likeness (QED) is 0.883. The zero-order chi connectivity index (χ0) is 12.9. The first-order valence-corrected chi connectivity index (χ1v) is 6.28. The van der Waals surface area contributed by atoms with Crippen LogP contribution in [0.2, 0.25) is 0 Å². The van der Waals surface area contributed by atoms with Crippen LogP contribution < -0.4 is 0 Å². The summed E-state index contributed by atoms with van der Waals surface area (Å²) >= 11 is 0. The number of benzene rings is 1. The van der Waals surface area contributed by atoms with Gasteiger partial charge in [0.25, 0.3) is 0 Å². The van der Waals surface area contributed by atoms with Crippen molar-refractivity contribution in [3.63, 3.8) is 0 Å². The number of aromatic nitrogens is 2. The van der Waals surface area contributed by atoms with Crippen LogP contribution in [0, 0.1) is 12.8 Å². The average Bonchev–Trinajstić information content (AvgIpc) is 2.60. The van der Waals surface area contributed by atoms with Gasteiger partial charge in [0, 0.05) is 6.04 Å². The van der Waals surface area contributed by atoms with E-state index in [1.54, 1.807) is 12.1 Å². The van der Waals surface area contributed by atoms with Crippen LogP contribution in [-0.4, -0.2) is 20.6 Å². The molecule has 1 heterocycles. The van der Waals surface area contributed by atoms with E-state index in [2.05, 4.69) is 16.5 Å². The molecule has 4 nitrogen and oxygen atoms in total. The van der Waals surface area contributed by atoms with Crippen molar-refractivity contribution in [3.8, 4) is 0 Å². The molecule has 94 valence electrons. The Labute approximate surface area is 105 Å². The summed E-state index contributed by atoms with van der Waals surface area (Å²) in [5, 5.41) is 9.19. The van der Waals surface area contributed by atoms with Crippen LogP contribution in [0.4, 0.5) is 0 Å². The van der Waals surface area contributed by atoms with Crippen LogP contribution in [-0.2, 0) is 0 Å². The summed E-state index contributed by atoms with van der Waals surface area (Å²) in [6, 6.07) is 5.86. The van der Waals surface area contributed by atoms with Crippen molar-refractivity contribution in [1.29, 1.82) is 0 Å². The van der Waals surface area contributed by atoms with Crippen molar-refractivity contribution in [2.45, 2.75) is 32.7 Å². The van der Waals surface area contributed by atoms with Gasteiger partial charge < -0.3 is 9.67 Å². The Kier molecular flexibility index (Phi) is 2.40. The molecule has 0 bridgehead atoms. The smallest absolute Gasteiger partial charge is 0.337 e. The summed E-state index contributed by atoms with van der Waals surface area (Å²) in [6.45, 7) is 4.20. The number of carboxylic acid groups (broad SMARTS) is 1. The molecular formula is C14H16N2O2. The molecule has 1 aliphatic rings. The number of aromatic carboxylic acids is 1. The summed E-state index contributed by atoms with van der Waals surface area (Å²) in [6.07, 6.45) is 2.31. The minimum absolute atomic E-state index is 0.293. The number of para-hydroxylation sites is 1. The first-order chi connectivity index (χ1) is 8.58. The number of fused-ring (bicyclic) bond motifs is 1. The van der Waals surface area contributed by atoms with E-state index >= 15 is 0 Å². The Bertz CT molecular complexity index is 624. The molecule has 3 rings (SSSR count). The third-order valence-electron chi connectivity index (χ3n) is 3.84. The second kappa shape index (κ2) is 3.83. The van der Waals surface area contributed by atoms with Crippen molar-refractivity contribution in [3.05, 3.63) is 29.6 Å². The zero-order valence-corrected chi connectivity index (χ0v) is 10.6. The molecule has 4 heteroatoms. The van der Waals surface area contributed by atoms with E-state index in [9.17, 15) is 9.90 Å². The third kappa shape index (κ3) is 1.52. The van der Waals surface area contributed by atoms with Crippen LogP contribution in [0.5, 0.6) is 0 Å². The van der Waals surface area contributed by atoms with Gasteiger partial charge in [-0.2, -0.15) is 0 Å². The Balaban J connectivity index is 2.18. The van der Waals surface area contributed by atoms with Gasteiger partial charge in [0.2, 0.25) is 0 Å². The van der Waals surface area contributed by atoms with Crippen LogP contribution in [0.1, 0.15) is 42.0 Å². The number of hydrogen-bond acceptors (Lipinski definition) is 2. The van der Waals surface area contributed by atoms with Gasteiger partial charge in [0.1, 0.15) is 11.3 Å². The molecule has 1 aliphatic carbocycles. The summed E-state index contributed by atoms with van der Waals surface area (Å²) in [5.41, 5.74) is 1.85. The Hall–Kier alpha value is -1.84. The largest absolute Gasteiger partial charge is 0.478 e. The molecule has 2 aromatic rings. The van der Waals surface area contributed by atoms with Crippen LogP contribution in [0.3, 0.4) is 0 Å². The van der Waals surface area contributed by atoms with Gasteiger partial charge in [-0.3, -0.25) is 0 Å². The van der Waals surface area contributed by atoms with Gasteiger partial charge in [-0.05, 0) is 37.8 Å². The third-order valence-corrected chi connectivity index (χ3v) is 3.84. The van der Waals surface area contributed by atoms with E-state index in [1.807, 2.05) is 13.0 Å². The van der Waals surface area contributed by atoms with Crippen molar-refractivity contribution in [2.75, 3.05) is 0 Å². The van der Waals surface area contributed by atoms with Gasteiger partial charge in [0.15, 0.2) is 0 Å². The minimum Gasteiger partial charge on any atom is -0.478 e. The number of rotatable bonds is 2. The van der Waals surface area contributed by atoms with Crippen LogP contribution >= 0.6 is 0 Å². The number of nitrogens with zero attached hydrogens (tertiary/aromatic N) is 2. The fourth-order valence-electron chi connectivity index (χ4n) is 2.94. The first kappa shape index (κ1) is 11.3. The summed E-state index contributed by atoms with van der Waals surface area (Å²) < 4.78 is 2.20. The molecule has 1 N–H and O–H groups in total. The predicted octanol–water partition coefficient (Wildman–Crippen LogP) is 3.01. The number of aryl methyl sites for hydroxylation is 1. The van der Waals surface area contributed by atoms with E-state index in [1.165, 1.54) is 0 Å². The highest BCUT2D eigenvalue weighted by Gasteiger charge is 2.29. The normalized spacial score (nSPS) is 23.0. The molecule has 0 saturated heterocycles. The lowest BCUT2D eigenvalue weighted by molar-refractivity contribution is 0.0699. The van der Waals surface area contributed by atoms with E-state index in [4.69, 9.17) is 0 Å². The molecule has 0 aliphatic heterocycles. The fraction of sp³-hybridized carbons (Fsp3) is 0.429. The maximum Gasteiger partial charge on any atom is 0.337 e. The highest BCUT2D eigenvalue weighted by molar-refractivity contribution is 6.01. The van der Waals surface area contributed by atoms with E-state index in [0.29, 0.717) is 17.1 Å². The summed E-state index contributed by atoms with van der Waals surface area (Å²) in [4.78, 5) is 15.6. The lowest BCUT2D eigenvalue weighted by Gasteiger charge is -2.35. The molecule has 1 aromatic carbocycles. The highest BCUT2D eigenvalue weighted by Crippen LogP contribution is 2.40. The summed E-state index contributed by atoms with van der Waals surface area (Å²) in [7, 11) is 0. The van der Waals surface area contributed by atoms with Gasteiger partial charge in [-0.15, -0.1) is 0 Å². The van der Waals surface area contributed by atoms with E-state index in [0.717, 1.165) is 30.1 Å². The minimum atomic E-state index is -0.910. The average molecular weight is 244 g/mol. The second-order valence-corrected chi connectivity index (χ2v) is 5.24. The molecule has 1 fully saturated rings. The van der Waals surface area contributed by atoms with E-state index < -0.39 is 5.97 Å². The maximum atomic E-state index is 11.2. The number of imidazole rings is 1. The van der Waals surface area contributed by atoms with Crippen LogP contribution in [0.25, 0.3) is 11.0 Å². The molecule has 0 radical (unpaired) electrons. The van der Waals surface area contributed by atoms with Gasteiger partial charge in [0.05, 0.1) is 11.1 Å². The fourth-order valence-corrected chi connectivity index (χ4v) is 2.94. The topological polar surface area (TPSA) is 55.1 Å². The number of carbonyl (C=O) groups is 1. The molecular weight excluding hydrogens is 228 g/mol. The van der Waals surface area contributed by atoms with Crippen molar-refractivity contribution in [1.82, 2.24) is 9.55 Å². The lowest BCUT2D eigenvalue weighted by atomic mass is 9.81. The SMILES string of the molecule is Cc1nc2c(C(=O)O)cccc2n1C1CC(C)C1. The van der Waals surface area contributed by atoms with Gasteiger partial charge in [-0.1, -0.05) is 13.0 Å². The van der Waals surface area contributed by atoms with Crippen molar-refractivity contribution in [2.24, 2.45) is 5.92 Å². The van der Waals surface area contributed by atoms with Crippen molar-refractivity contribution < 1.29 is 9.90 Å². The molecule has 0 spiro atoms. The van der Waals surface area contributed by atoms with Crippen LogP contribution in [0.15, 0.2) is 18.2 Å². The second-order valence-electron chi connectivity index (χ2n) is 5.24. The highest BCUT2D eigenvalue weighted by atomic mass is 16.4. The molecule has 1 aromatic heterocycles. The van der Waals surface area contributed by atoms with E-state index in [-0.39, 0.29) is 0 Å². The maximum absolute atomic E-state index is 11.2. The molecule has 0 unspecified atom stereocenters. The number of hydrogen-bond donors (Lipinski definition) is 1. The Morgan fingerprint density at radius 1 is 1.44 bits per heavy atom. The van der Waals surface area contributed by atoms with Gasteiger partial charge in [-0.25, -0.2) is 9.78 Å². The first-order valence-electron chi connectivity index (χ1n) is 6.28. The Morgan fingerprint density at radius 2 is 2.17 bits per heavy atom. The monoisotopic (exact) mass is 244 g/mol. The van der Waals surface area contributed by atoms with Crippen molar-refractivity contribution >= 4 is 17.0 Å². The Morgan fingerprint density at radius 3 is 2.78 bits per heavy atom. The summed E-state index contributed by atoms with van der Waals surface area (Å²) in [5.74, 6) is 0.761. The predicted molar refractivity (Wildman–Crippen MR) is 68.9 cm³/mol. The van der Waals surface area contributed by atoms with Gasteiger partial charge >= 0.3 is 5.97 Å². The standard InChI is InChI=1S/C14H16N2O2/c1-8-6-10(7-8)16-9(2)15-13-11(14(17)18)4-3-5-12(13)16/h3-5,8,10H,6-7H2,1-2H3,(H,17,18). The lowest BCUT2D eigenvalue weighted by Crippen LogP contribution is -2.25. The molecule has 1 saturated carbocycles. The zero-order valence-electron chi connectivity index (χ0n) is 10.6. The molecule has 0 amide bonds. The number of carboxylic acids is 1. The molecule has 18 heavy (non-hydrogen) atoms. The molecule has 0 atom stereocenters.